The average Bonchev–Trinajstić information content (AvgIpc) is 2.91. The molecule has 0 aromatic carbocycles. The number of hydrogen-bond donors (Lipinski definition) is 1. The Balaban J connectivity index is 1.63. The van der Waals surface area contributed by atoms with E-state index in [-0.39, 0.29) is 17.7 Å². The molecule has 1 N–H and O–H groups in total. The van der Waals surface area contributed by atoms with E-state index in [1.165, 1.54) is 19.3 Å². The molecule has 1 aliphatic carbocycles. The van der Waals surface area contributed by atoms with Crippen LogP contribution in [0.4, 0.5) is 0 Å². The van der Waals surface area contributed by atoms with Gasteiger partial charge in [0.05, 0.1) is 5.92 Å². The lowest BCUT2D eigenvalue weighted by Crippen LogP contribution is -2.47. The zero-order valence-electron chi connectivity index (χ0n) is 9.45. The highest BCUT2D eigenvalue weighted by Gasteiger charge is 2.42. The van der Waals surface area contributed by atoms with Crippen molar-refractivity contribution in [1.29, 1.82) is 0 Å². The SMILES string of the molecule is O=C1CCC(C(=O)N2CC3CCC2C3)CN1. The maximum atomic E-state index is 12.3. The van der Waals surface area contributed by atoms with Crippen LogP contribution in [0.25, 0.3) is 0 Å². The topological polar surface area (TPSA) is 49.4 Å². The number of hydrogen-bond acceptors (Lipinski definition) is 2. The number of nitrogens with one attached hydrogen (secondary N) is 1. The van der Waals surface area contributed by atoms with E-state index in [9.17, 15) is 9.59 Å². The molecule has 2 aliphatic heterocycles. The molecular weight excluding hydrogens is 204 g/mol. The van der Waals surface area contributed by atoms with E-state index < -0.39 is 0 Å². The maximum absolute atomic E-state index is 12.3. The summed E-state index contributed by atoms with van der Waals surface area (Å²) in [6.45, 7) is 1.51. The molecule has 0 aromatic heterocycles. The fourth-order valence-corrected chi connectivity index (χ4v) is 3.37. The van der Waals surface area contributed by atoms with Crippen LogP contribution in [0.3, 0.4) is 0 Å². The van der Waals surface area contributed by atoms with Gasteiger partial charge in [0.15, 0.2) is 0 Å². The molecule has 0 spiro atoms. The third kappa shape index (κ3) is 1.60. The first kappa shape index (κ1) is 10.1. The molecule has 3 unspecified atom stereocenters. The summed E-state index contributed by atoms with van der Waals surface area (Å²) in [6.07, 6.45) is 4.95. The second-order valence-corrected chi connectivity index (χ2v) is 5.36. The lowest BCUT2D eigenvalue weighted by atomic mass is 9.96. The fraction of sp³-hybridized carbons (Fsp3) is 0.833. The third-order valence-electron chi connectivity index (χ3n) is 4.31. The number of carbonyl (C=O) groups is 2. The Morgan fingerprint density at radius 1 is 1.31 bits per heavy atom. The molecule has 88 valence electrons. The molecule has 3 aliphatic rings. The number of likely N-dealkylation sites (tertiary alicyclic amines) is 1. The molecule has 0 radical (unpaired) electrons. The standard InChI is InChI=1S/C12H18N2O2/c15-11-4-2-9(6-13-11)12(16)14-7-8-1-3-10(14)5-8/h8-10H,1-7H2,(H,13,15). The first-order valence-corrected chi connectivity index (χ1v) is 6.31. The van der Waals surface area contributed by atoms with E-state index >= 15 is 0 Å². The smallest absolute Gasteiger partial charge is 0.227 e. The quantitative estimate of drug-likeness (QED) is 0.703. The highest BCUT2D eigenvalue weighted by atomic mass is 16.2. The van der Waals surface area contributed by atoms with Crippen LogP contribution in [-0.4, -0.2) is 35.8 Å². The van der Waals surface area contributed by atoms with Crippen molar-refractivity contribution in [1.82, 2.24) is 10.2 Å². The van der Waals surface area contributed by atoms with Gasteiger partial charge in [-0.2, -0.15) is 0 Å². The van der Waals surface area contributed by atoms with Gasteiger partial charge in [-0.05, 0) is 31.6 Å². The monoisotopic (exact) mass is 222 g/mol. The van der Waals surface area contributed by atoms with E-state index in [1.807, 2.05) is 0 Å². The second-order valence-electron chi connectivity index (χ2n) is 5.36. The minimum atomic E-state index is 0.0389. The minimum absolute atomic E-state index is 0.0389. The van der Waals surface area contributed by atoms with Crippen LogP contribution in [0.15, 0.2) is 0 Å². The largest absolute Gasteiger partial charge is 0.355 e. The van der Waals surface area contributed by atoms with Crippen molar-refractivity contribution < 1.29 is 9.59 Å². The van der Waals surface area contributed by atoms with Gasteiger partial charge < -0.3 is 10.2 Å². The number of fused-ring (bicyclic) bond motifs is 2. The number of amides is 2. The van der Waals surface area contributed by atoms with Gasteiger partial charge in [-0.1, -0.05) is 0 Å². The number of rotatable bonds is 1. The highest BCUT2D eigenvalue weighted by molar-refractivity contribution is 5.84. The van der Waals surface area contributed by atoms with Crippen molar-refractivity contribution in [2.24, 2.45) is 11.8 Å². The van der Waals surface area contributed by atoms with Gasteiger partial charge in [-0.15, -0.1) is 0 Å². The lowest BCUT2D eigenvalue weighted by molar-refractivity contribution is -0.139. The predicted octanol–water partition coefficient (Wildman–Crippen LogP) is 0.524. The molecule has 1 saturated carbocycles. The number of piperidine rings is 2. The highest BCUT2D eigenvalue weighted by Crippen LogP contribution is 2.38. The molecule has 3 fully saturated rings. The van der Waals surface area contributed by atoms with Gasteiger partial charge in [0, 0.05) is 25.6 Å². The lowest BCUT2D eigenvalue weighted by Gasteiger charge is -2.32. The van der Waals surface area contributed by atoms with Gasteiger partial charge in [0.25, 0.3) is 0 Å². The van der Waals surface area contributed by atoms with Crippen LogP contribution >= 0.6 is 0 Å². The average molecular weight is 222 g/mol. The van der Waals surface area contributed by atoms with Crippen LogP contribution in [0.5, 0.6) is 0 Å². The molecule has 4 heteroatoms. The van der Waals surface area contributed by atoms with E-state index in [1.54, 1.807) is 0 Å². The molecule has 4 nitrogen and oxygen atoms in total. The van der Waals surface area contributed by atoms with Crippen LogP contribution in [0, 0.1) is 11.8 Å². The van der Waals surface area contributed by atoms with Crippen molar-refractivity contribution in [3.8, 4) is 0 Å². The molecule has 2 heterocycles. The summed E-state index contributed by atoms with van der Waals surface area (Å²) in [4.78, 5) is 25.4. The van der Waals surface area contributed by atoms with Crippen LogP contribution in [0.1, 0.15) is 32.1 Å². The van der Waals surface area contributed by atoms with Crippen molar-refractivity contribution in [3.05, 3.63) is 0 Å². The second kappa shape index (κ2) is 3.75. The molecule has 3 rings (SSSR count). The van der Waals surface area contributed by atoms with Gasteiger partial charge >= 0.3 is 0 Å². The number of nitrogens with zero attached hydrogens (tertiary/aromatic N) is 1. The summed E-state index contributed by atoms with van der Waals surface area (Å²) >= 11 is 0. The van der Waals surface area contributed by atoms with Crippen LogP contribution in [0.2, 0.25) is 0 Å². The fourth-order valence-electron chi connectivity index (χ4n) is 3.37. The summed E-state index contributed by atoms with van der Waals surface area (Å²) in [5.41, 5.74) is 0. The summed E-state index contributed by atoms with van der Waals surface area (Å²) in [5, 5.41) is 2.79. The van der Waals surface area contributed by atoms with Crippen molar-refractivity contribution in [2.45, 2.75) is 38.1 Å². The van der Waals surface area contributed by atoms with E-state index in [0.717, 1.165) is 18.9 Å². The molecule has 2 amide bonds. The first-order valence-electron chi connectivity index (χ1n) is 6.31. The first-order chi connectivity index (χ1) is 7.74. The van der Waals surface area contributed by atoms with Gasteiger partial charge in [0.1, 0.15) is 0 Å². The van der Waals surface area contributed by atoms with Crippen molar-refractivity contribution >= 4 is 11.8 Å². The Hall–Kier alpha value is -1.06. The Bertz CT molecular complexity index is 319. The minimum Gasteiger partial charge on any atom is -0.355 e. The van der Waals surface area contributed by atoms with Crippen LogP contribution in [-0.2, 0) is 9.59 Å². The zero-order valence-corrected chi connectivity index (χ0v) is 9.45. The van der Waals surface area contributed by atoms with Crippen molar-refractivity contribution in [2.75, 3.05) is 13.1 Å². The van der Waals surface area contributed by atoms with E-state index in [4.69, 9.17) is 0 Å². The van der Waals surface area contributed by atoms with E-state index in [2.05, 4.69) is 10.2 Å². The predicted molar refractivity (Wildman–Crippen MR) is 58.6 cm³/mol. The normalized spacial score (nSPS) is 37.6. The van der Waals surface area contributed by atoms with E-state index in [0.29, 0.717) is 19.0 Å². The zero-order chi connectivity index (χ0) is 11.1. The van der Waals surface area contributed by atoms with Crippen LogP contribution < -0.4 is 5.32 Å². The molecule has 2 bridgehead atoms. The maximum Gasteiger partial charge on any atom is 0.227 e. The van der Waals surface area contributed by atoms with Gasteiger partial charge in [0.2, 0.25) is 11.8 Å². The van der Waals surface area contributed by atoms with Gasteiger partial charge in [-0.3, -0.25) is 9.59 Å². The number of carbonyl (C=O) groups excluding carboxylic acids is 2. The molecule has 0 aromatic rings. The third-order valence-corrected chi connectivity index (χ3v) is 4.31. The Morgan fingerprint density at radius 3 is 2.75 bits per heavy atom. The Morgan fingerprint density at radius 2 is 2.19 bits per heavy atom. The Labute approximate surface area is 95.4 Å². The molecular formula is C12H18N2O2. The molecule has 2 saturated heterocycles. The summed E-state index contributed by atoms with van der Waals surface area (Å²) in [7, 11) is 0. The Kier molecular flexibility index (Phi) is 2.37. The molecule has 3 atom stereocenters. The summed E-state index contributed by atoms with van der Waals surface area (Å²) < 4.78 is 0. The van der Waals surface area contributed by atoms with Gasteiger partial charge in [-0.25, -0.2) is 0 Å². The summed E-state index contributed by atoms with van der Waals surface area (Å²) in [5.74, 6) is 1.17. The summed E-state index contributed by atoms with van der Waals surface area (Å²) in [6, 6.07) is 0.509. The van der Waals surface area contributed by atoms with Crippen molar-refractivity contribution in [3.63, 3.8) is 0 Å². The molecule has 16 heavy (non-hydrogen) atoms.